The van der Waals surface area contributed by atoms with Crippen LogP contribution in [0.5, 0.6) is 5.75 Å². The highest BCUT2D eigenvalue weighted by atomic mass is 19.4. The maximum Gasteiger partial charge on any atom is 0.418 e. The van der Waals surface area contributed by atoms with Gasteiger partial charge in [0.15, 0.2) is 0 Å². The van der Waals surface area contributed by atoms with E-state index < -0.39 is 28.7 Å². The van der Waals surface area contributed by atoms with Crippen LogP contribution in [0.2, 0.25) is 0 Å². The molecule has 4 nitrogen and oxygen atoms in total. The molecule has 0 saturated heterocycles. The Labute approximate surface area is 182 Å². The van der Waals surface area contributed by atoms with Crippen LogP contribution < -0.4 is 5.32 Å². The highest BCUT2D eigenvalue weighted by molar-refractivity contribution is 6.12. The zero-order valence-corrected chi connectivity index (χ0v) is 17.4. The Hall–Kier alpha value is -3.32. The summed E-state index contributed by atoms with van der Waals surface area (Å²) < 4.78 is 47.1. The fourth-order valence-corrected chi connectivity index (χ4v) is 4.89. The van der Waals surface area contributed by atoms with Crippen molar-refractivity contribution in [3.8, 4) is 5.75 Å². The summed E-state index contributed by atoms with van der Waals surface area (Å²) in [7, 11) is 0. The molecule has 1 unspecified atom stereocenters. The molecule has 32 heavy (non-hydrogen) atoms. The number of hydrogen-bond donors (Lipinski definition) is 2. The quantitative estimate of drug-likeness (QED) is 0.557. The van der Waals surface area contributed by atoms with Gasteiger partial charge in [-0.05, 0) is 54.3 Å². The number of alkyl halides is 3. The third-order valence-electron chi connectivity index (χ3n) is 6.43. The van der Waals surface area contributed by atoms with Gasteiger partial charge in [-0.15, -0.1) is 0 Å². The molecule has 0 radical (unpaired) electrons. The molecule has 0 aliphatic carbocycles. The highest BCUT2D eigenvalue weighted by Gasteiger charge is 2.53. The molecule has 0 bridgehead atoms. The van der Waals surface area contributed by atoms with Gasteiger partial charge < -0.3 is 15.2 Å². The molecular formula is C25H20F3NO3. The number of para-hydroxylation sites is 1. The van der Waals surface area contributed by atoms with Crippen molar-refractivity contribution in [3.63, 3.8) is 0 Å². The smallest absolute Gasteiger partial charge is 0.418 e. The van der Waals surface area contributed by atoms with Crippen LogP contribution in [-0.2, 0) is 33.3 Å². The van der Waals surface area contributed by atoms with E-state index in [-0.39, 0.29) is 17.0 Å². The maximum absolute atomic E-state index is 13.7. The van der Waals surface area contributed by atoms with Gasteiger partial charge in [0, 0.05) is 5.56 Å². The molecule has 2 N–H and O–H groups in total. The number of anilines is 1. The molecule has 5 rings (SSSR count). The van der Waals surface area contributed by atoms with E-state index in [2.05, 4.69) is 5.32 Å². The zero-order valence-electron chi connectivity index (χ0n) is 17.4. The molecule has 1 amide bonds. The first-order valence-electron chi connectivity index (χ1n) is 10.1. The van der Waals surface area contributed by atoms with Crippen LogP contribution in [0.1, 0.15) is 47.2 Å². The van der Waals surface area contributed by atoms with Gasteiger partial charge in [0.1, 0.15) is 11.2 Å². The second-order valence-corrected chi connectivity index (χ2v) is 8.65. The molecule has 3 aromatic carbocycles. The lowest BCUT2D eigenvalue weighted by Crippen LogP contribution is -2.37. The van der Waals surface area contributed by atoms with E-state index in [1.807, 2.05) is 26.0 Å². The van der Waals surface area contributed by atoms with Gasteiger partial charge in [-0.2, -0.15) is 13.2 Å². The molecule has 0 aromatic heterocycles. The number of carbonyl (C=O) groups excluding carboxylic acids is 1. The minimum Gasteiger partial charge on any atom is -0.508 e. The molecule has 0 fully saturated rings. The van der Waals surface area contributed by atoms with Crippen LogP contribution in [0.4, 0.5) is 18.9 Å². The molecule has 3 aromatic rings. The van der Waals surface area contributed by atoms with Crippen LogP contribution in [0, 0.1) is 0 Å². The molecule has 1 atom stereocenters. The summed E-state index contributed by atoms with van der Waals surface area (Å²) in [5.74, 6) is -0.580. The fourth-order valence-electron chi connectivity index (χ4n) is 4.89. The molecule has 0 spiro atoms. The average molecular weight is 439 g/mol. The second kappa shape index (κ2) is 6.59. The standard InChI is InChI=1S/C25H20F3NO3/c1-23(2)18-11-8-16(12-14(18)13-32-23)24(15-6-9-17(30)10-7-15)19-4-3-5-20(25(26,27)28)21(19)29-22(24)31/h3-12,30H,13H2,1-2H3,(H,29,31). The Morgan fingerprint density at radius 2 is 1.66 bits per heavy atom. The summed E-state index contributed by atoms with van der Waals surface area (Å²) in [6.07, 6.45) is -4.63. The summed E-state index contributed by atoms with van der Waals surface area (Å²) in [5, 5.41) is 12.3. The van der Waals surface area contributed by atoms with E-state index >= 15 is 0 Å². The van der Waals surface area contributed by atoms with Crippen molar-refractivity contribution in [1.29, 1.82) is 0 Å². The largest absolute Gasteiger partial charge is 0.508 e. The predicted octanol–water partition coefficient (Wildman–Crippen LogP) is 5.46. The number of phenolic OH excluding ortho intramolecular Hbond substituents is 1. The number of aromatic hydroxyl groups is 1. The first kappa shape index (κ1) is 20.6. The van der Waals surface area contributed by atoms with Gasteiger partial charge in [-0.1, -0.05) is 42.5 Å². The van der Waals surface area contributed by atoms with Gasteiger partial charge in [0.25, 0.3) is 0 Å². The van der Waals surface area contributed by atoms with E-state index in [1.165, 1.54) is 18.2 Å². The maximum atomic E-state index is 13.7. The van der Waals surface area contributed by atoms with Gasteiger partial charge in [0.05, 0.1) is 23.5 Å². The van der Waals surface area contributed by atoms with Crippen molar-refractivity contribution in [2.75, 3.05) is 5.32 Å². The number of phenols is 1. The third-order valence-corrected chi connectivity index (χ3v) is 6.43. The van der Waals surface area contributed by atoms with Crippen molar-refractivity contribution in [3.05, 3.63) is 94.0 Å². The number of nitrogens with one attached hydrogen (secondary N) is 1. The highest BCUT2D eigenvalue weighted by Crippen LogP contribution is 2.52. The van der Waals surface area contributed by atoms with Crippen molar-refractivity contribution in [1.82, 2.24) is 0 Å². The number of halogens is 3. The lowest BCUT2D eigenvalue weighted by Gasteiger charge is -2.30. The summed E-state index contributed by atoms with van der Waals surface area (Å²) in [6.45, 7) is 4.24. The SMILES string of the molecule is CC1(C)OCc2cc(C3(c4ccc(O)cc4)C(=O)Nc4c(C(F)(F)F)cccc43)ccc21. The Kier molecular flexibility index (Phi) is 4.24. The number of carbonyl (C=O) groups is 1. The lowest BCUT2D eigenvalue weighted by molar-refractivity contribution is -0.136. The van der Waals surface area contributed by atoms with Crippen LogP contribution >= 0.6 is 0 Å². The Morgan fingerprint density at radius 1 is 0.969 bits per heavy atom. The van der Waals surface area contributed by atoms with E-state index in [4.69, 9.17) is 4.74 Å². The van der Waals surface area contributed by atoms with Crippen molar-refractivity contribution in [2.24, 2.45) is 0 Å². The second-order valence-electron chi connectivity index (χ2n) is 8.65. The van der Waals surface area contributed by atoms with Crippen LogP contribution in [0.3, 0.4) is 0 Å². The van der Waals surface area contributed by atoms with Gasteiger partial charge in [-0.25, -0.2) is 0 Å². The van der Waals surface area contributed by atoms with Gasteiger partial charge in [-0.3, -0.25) is 4.79 Å². The first-order chi connectivity index (χ1) is 15.0. The number of hydrogen-bond acceptors (Lipinski definition) is 3. The monoisotopic (exact) mass is 439 g/mol. The molecule has 7 heteroatoms. The van der Waals surface area contributed by atoms with Gasteiger partial charge >= 0.3 is 6.18 Å². The Morgan fingerprint density at radius 3 is 2.34 bits per heavy atom. The minimum atomic E-state index is -4.63. The number of benzene rings is 3. The van der Waals surface area contributed by atoms with E-state index in [1.54, 1.807) is 24.3 Å². The molecule has 0 saturated carbocycles. The van der Waals surface area contributed by atoms with Crippen LogP contribution in [0.25, 0.3) is 0 Å². The first-order valence-corrected chi connectivity index (χ1v) is 10.1. The normalized spacial score (nSPS) is 21.2. The lowest BCUT2D eigenvalue weighted by atomic mass is 9.69. The molecule has 2 heterocycles. The molecule has 164 valence electrons. The number of amides is 1. The summed E-state index contributed by atoms with van der Waals surface area (Å²) in [4.78, 5) is 13.6. The summed E-state index contributed by atoms with van der Waals surface area (Å²) >= 11 is 0. The van der Waals surface area contributed by atoms with Crippen molar-refractivity contribution >= 4 is 11.6 Å². The minimum absolute atomic E-state index is 0.00401. The predicted molar refractivity (Wildman–Crippen MR) is 112 cm³/mol. The van der Waals surface area contributed by atoms with Crippen molar-refractivity contribution in [2.45, 2.75) is 37.6 Å². The fraction of sp³-hybridized carbons (Fsp3) is 0.240. The average Bonchev–Trinajstić information content (AvgIpc) is 3.21. The zero-order chi connectivity index (χ0) is 22.9. The number of ether oxygens (including phenoxy) is 1. The summed E-state index contributed by atoms with van der Waals surface area (Å²) in [6, 6.07) is 15.3. The van der Waals surface area contributed by atoms with E-state index in [0.29, 0.717) is 17.7 Å². The molecular weight excluding hydrogens is 419 g/mol. The Balaban J connectivity index is 1.82. The van der Waals surface area contributed by atoms with Crippen LogP contribution in [-0.4, -0.2) is 11.0 Å². The Bertz CT molecular complexity index is 1250. The molecule has 2 aliphatic rings. The van der Waals surface area contributed by atoms with Crippen molar-refractivity contribution < 1.29 is 27.8 Å². The van der Waals surface area contributed by atoms with Gasteiger partial charge in [0.2, 0.25) is 5.91 Å². The van der Waals surface area contributed by atoms with E-state index in [9.17, 15) is 23.1 Å². The molecule has 2 aliphatic heterocycles. The summed E-state index contributed by atoms with van der Waals surface area (Å²) in [5.41, 5.74) is -0.0392. The van der Waals surface area contributed by atoms with E-state index in [0.717, 1.165) is 17.2 Å². The number of rotatable bonds is 2. The third kappa shape index (κ3) is 2.77. The topological polar surface area (TPSA) is 58.6 Å². The van der Waals surface area contributed by atoms with Crippen LogP contribution in [0.15, 0.2) is 60.7 Å². The number of fused-ring (bicyclic) bond motifs is 2.